The first-order chi connectivity index (χ1) is 36.4. The third kappa shape index (κ3) is 8.32. The molecule has 2 aliphatic heterocycles. The molecular weight excluding hydrogens is 907 g/mol. The SMILES string of the molecule is CCCCc1ccc(-n2c3ccccc3c3ccc(N4CCc5cc(C(=CC=CC=C(C#N)C(=O)O)c6ccc7c(c6)CCN7c6ccc7c8ccccc8n(-c8ccc(CCC)cc8)c7c6)ccc54)cc32)cc1. The van der Waals surface area contributed by atoms with Crippen molar-refractivity contribution in [2.45, 2.75) is 58.8 Å². The van der Waals surface area contributed by atoms with Gasteiger partial charge < -0.3 is 24.0 Å². The molecule has 1 N–H and O–H groups in total. The highest BCUT2D eigenvalue weighted by atomic mass is 16.4. The number of benzene rings is 8. The number of carboxylic acids is 1. The van der Waals surface area contributed by atoms with Gasteiger partial charge in [0.25, 0.3) is 0 Å². The molecule has 7 heteroatoms. The van der Waals surface area contributed by atoms with Crippen molar-refractivity contribution in [2.24, 2.45) is 0 Å². The van der Waals surface area contributed by atoms with Crippen molar-refractivity contribution >= 4 is 77.9 Å². The lowest BCUT2D eigenvalue weighted by molar-refractivity contribution is -0.132. The Morgan fingerprint density at radius 2 is 1.00 bits per heavy atom. The number of nitrogens with zero attached hydrogens (tertiary/aromatic N) is 5. The molecule has 10 aromatic rings. The van der Waals surface area contributed by atoms with Crippen molar-refractivity contribution in [2.75, 3.05) is 22.9 Å². The molecule has 8 aromatic carbocycles. The molecule has 2 aromatic heterocycles. The molecule has 4 heterocycles. The molecule has 2 aliphatic rings. The van der Waals surface area contributed by atoms with Gasteiger partial charge in [-0.1, -0.05) is 130 Å². The molecule has 7 nitrogen and oxygen atoms in total. The average Bonchev–Trinajstić information content (AvgIpc) is 4.22. The number of anilines is 4. The van der Waals surface area contributed by atoms with E-state index in [1.54, 1.807) is 12.1 Å². The minimum absolute atomic E-state index is 0.311. The Balaban J connectivity index is 0.884. The van der Waals surface area contributed by atoms with Gasteiger partial charge in [0.05, 0.1) is 22.1 Å². The van der Waals surface area contributed by atoms with E-state index in [0.29, 0.717) is 0 Å². The minimum atomic E-state index is -1.24. The number of hydrogen-bond acceptors (Lipinski definition) is 4. The topological polar surface area (TPSA) is 77.4 Å². The van der Waals surface area contributed by atoms with Crippen LogP contribution in [0.25, 0.3) is 60.6 Å². The first-order valence-corrected chi connectivity index (χ1v) is 26.2. The number of carboxylic acid groups (broad SMARTS) is 1. The quantitative estimate of drug-likeness (QED) is 0.0667. The van der Waals surface area contributed by atoms with E-state index in [1.165, 1.54) is 102 Å². The second-order valence-electron chi connectivity index (χ2n) is 19.7. The Bertz CT molecular complexity index is 3950. The van der Waals surface area contributed by atoms with Crippen molar-refractivity contribution < 1.29 is 9.90 Å². The molecule has 0 unspecified atom stereocenters. The summed E-state index contributed by atoms with van der Waals surface area (Å²) in [6, 6.07) is 64.8. The van der Waals surface area contributed by atoms with Crippen LogP contribution in [-0.4, -0.2) is 33.3 Å². The van der Waals surface area contributed by atoms with Crippen LogP contribution in [0, 0.1) is 11.3 Å². The van der Waals surface area contributed by atoms with Gasteiger partial charge in [-0.05, 0) is 162 Å². The van der Waals surface area contributed by atoms with Crippen LogP contribution in [0.5, 0.6) is 0 Å². The standard InChI is InChI=1S/C67H57N5O2/c1-3-5-13-46-22-28-53(29-23-46)72-64-19-11-9-17-58(64)60-33-31-55(43-66(60)72)70-39-37-50-41-48(25-35-62(50)70)56(15-7-6-14-51(44-68)67(73)74)47-24-34-61-49(40-47)36-38-69(61)54-30-32-59-57-16-8-10-18-63(57)71(65(59)42-54)52-26-20-45(12-4-2)21-27-52/h6-11,14-35,40-43H,3-5,12-13,36-39H2,1-2H3,(H,73,74). The fourth-order valence-corrected chi connectivity index (χ4v) is 11.6. The van der Waals surface area contributed by atoms with Crippen molar-refractivity contribution in [1.82, 2.24) is 9.13 Å². The molecule has 0 amide bonds. The second-order valence-corrected chi connectivity index (χ2v) is 19.7. The molecule has 0 aliphatic carbocycles. The van der Waals surface area contributed by atoms with Gasteiger partial charge in [0, 0.05) is 68.8 Å². The molecule has 0 bridgehead atoms. The van der Waals surface area contributed by atoms with Gasteiger partial charge in [-0.3, -0.25) is 0 Å². The maximum absolute atomic E-state index is 11.7. The van der Waals surface area contributed by atoms with Crippen molar-refractivity contribution in [3.05, 3.63) is 233 Å². The smallest absolute Gasteiger partial charge is 0.346 e. The van der Waals surface area contributed by atoms with Gasteiger partial charge in [-0.2, -0.15) is 5.26 Å². The van der Waals surface area contributed by atoms with Crippen LogP contribution in [0.3, 0.4) is 0 Å². The lowest BCUT2D eigenvalue weighted by atomic mass is 9.93. The molecule has 0 radical (unpaired) electrons. The number of aromatic nitrogens is 2. The first-order valence-electron chi connectivity index (χ1n) is 26.2. The van der Waals surface area contributed by atoms with E-state index >= 15 is 0 Å². The molecule has 0 saturated heterocycles. The average molecular weight is 964 g/mol. The number of aliphatic carboxylic acids is 1. The summed E-state index contributed by atoms with van der Waals surface area (Å²) in [4.78, 5) is 16.6. The van der Waals surface area contributed by atoms with E-state index in [4.69, 9.17) is 0 Å². The zero-order valence-corrected chi connectivity index (χ0v) is 41.9. The second kappa shape index (κ2) is 19.6. The minimum Gasteiger partial charge on any atom is -0.477 e. The fraction of sp³-hybridized carbons (Fsp3) is 0.164. The predicted octanol–water partition coefficient (Wildman–Crippen LogP) is 16.1. The lowest BCUT2D eigenvalue weighted by Crippen LogP contribution is -2.13. The highest BCUT2D eigenvalue weighted by Gasteiger charge is 2.26. The zero-order valence-electron chi connectivity index (χ0n) is 41.9. The van der Waals surface area contributed by atoms with E-state index in [2.05, 4.69) is 203 Å². The maximum atomic E-state index is 11.7. The monoisotopic (exact) mass is 963 g/mol. The summed E-state index contributed by atoms with van der Waals surface area (Å²) in [5.74, 6) is -1.24. The summed E-state index contributed by atoms with van der Waals surface area (Å²) in [6.07, 6.45) is 14.3. The van der Waals surface area contributed by atoms with Gasteiger partial charge >= 0.3 is 5.97 Å². The Morgan fingerprint density at radius 3 is 1.49 bits per heavy atom. The molecule has 0 fully saturated rings. The van der Waals surface area contributed by atoms with Gasteiger partial charge in [0.1, 0.15) is 11.6 Å². The van der Waals surface area contributed by atoms with E-state index in [-0.39, 0.29) is 5.57 Å². The summed E-state index contributed by atoms with van der Waals surface area (Å²) in [5.41, 5.74) is 20.0. The molecule has 0 spiro atoms. The van der Waals surface area contributed by atoms with Crippen LogP contribution in [-0.2, 0) is 30.5 Å². The molecule has 0 atom stereocenters. The third-order valence-electron chi connectivity index (χ3n) is 15.2. The number of rotatable bonds is 14. The van der Waals surface area contributed by atoms with Crippen LogP contribution in [0.2, 0.25) is 0 Å². The van der Waals surface area contributed by atoms with E-state index in [9.17, 15) is 15.2 Å². The molecule has 362 valence electrons. The van der Waals surface area contributed by atoms with Crippen molar-refractivity contribution in [1.29, 1.82) is 5.26 Å². The number of fused-ring (bicyclic) bond motifs is 8. The lowest BCUT2D eigenvalue weighted by Gasteiger charge is -2.21. The molecular formula is C67H57N5O2. The molecule has 74 heavy (non-hydrogen) atoms. The van der Waals surface area contributed by atoms with E-state index < -0.39 is 5.97 Å². The Morgan fingerprint density at radius 1 is 0.527 bits per heavy atom. The Labute approximate surface area is 432 Å². The zero-order chi connectivity index (χ0) is 50.3. The number of unbranched alkanes of at least 4 members (excludes halogenated alkanes) is 1. The Kier molecular flexibility index (Phi) is 12.3. The predicted molar refractivity (Wildman–Crippen MR) is 306 cm³/mol. The summed E-state index contributed by atoms with van der Waals surface area (Å²) in [7, 11) is 0. The van der Waals surface area contributed by atoms with Crippen molar-refractivity contribution in [3.8, 4) is 17.4 Å². The number of nitriles is 1. The highest BCUT2D eigenvalue weighted by Crippen LogP contribution is 2.43. The van der Waals surface area contributed by atoms with E-state index in [0.717, 1.165) is 79.0 Å². The van der Waals surface area contributed by atoms with E-state index in [1.807, 2.05) is 12.2 Å². The van der Waals surface area contributed by atoms with Gasteiger partial charge in [-0.15, -0.1) is 0 Å². The van der Waals surface area contributed by atoms with Gasteiger partial charge in [-0.25, -0.2) is 4.79 Å². The third-order valence-corrected chi connectivity index (χ3v) is 15.2. The number of allylic oxidation sites excluding steroid dienone is 4. The van der Waals surface area contributed by atoms with Crippen molar-refractivity contribution in [3.63, 3.8) is 0 Å². The van der Waals surface area contributed by atoms with Crippen LogP contribution < -0.4 is 9.80 Å². The maximum Gasteiger partial charge on any atom is 0.346 e. The first kappa shape index (κ1) is 46.2. The number of hydrogen-bond donors (Lipinski definition) is 1. The molecule has 12 rings (SSSR count). The summed E-state index contributed by atoms with van der Waals surface area (Å²) in [5, 5.41) is 24.0. The van der Waals surface area contributed by atoms with Crippen LogP contribution >= 0.6 is 0 Å². The number of aryl methyl sites for hydroxylation is 2. The van der Waals surface area contributed by atoms with Gasteiger partial charge in [0.15, 0.2) is 0 Å². The largest absolute Gasteiger partial charge is 0.477 e. The van der Waals surface area contributed by atoms with Crippen LogP contribution in [0.1, 0.15) is 66.5 Å². The number of carbonyl (C=O) groups is 1. The Hall–Kier alpha value is -8.86. The fourth-order valence-electron chi connectivity index (χ4n) is 11.6. The molecule has 0 saturated carbocycles. The normalized spacial score (nSPS) is 13.7. The van der Waals surface area contributed by atoms with Gasteiger partial charge in [0.2, 0.25) is 0 Å². The summed E-state index contributed by atoms with van der Waals surface area (Å²) in [6.45, 7) is 6.19. The number of para-hydroxylation sites is 2. The van der Waals surface area contributed by atoms with Crippen LogP contribution in [0.4, 0.5) is 22.7 Å². The summed E-state index contributed by atoms with van der Waals surface area (Å²) >= 11 is 0. The highest BCUT2D eigenvalue weighted by molar-refractivity contribution is 6.11. The summed E-state index contributed by atoms with van der Waals surface area (Å²) < 4.78 is 4.82. The van der Waals surface area contributed by atoms with Crippen LogP contribution in [0.15, 0.2) is 200 Å².